The number of fused-ring (bicyclic) bond motifs is 2. The minimum Gasteiger partial charge on any atom is -0.475 e. The number of likely N-dealkylation sites (tertiary alicyclic amines) is 1. The minimum atomic E-state index is -5.08. The van der Waals surface area contributed by atoms with Crippen LogP contribution in [0, 0.1) is 0 Å². The second kappa shape index (κ2) is 15.8. The van der Waals surface area contributed by atoms with E-state index in [1.165, 1.54) is 28.9 Å². The molecule has 3 aromatic rings. The first-order chi connectivity index (χ1) is 22.0. The monoisotopic (exact) mass is 701 g/mol. The van der Waals surface area contributed by atoms with Gasteiger partial charge in [-0.3, -0.25) is 14.6 Å². The SMILES string of the molecule is Cn1cc(CN2CCC3(C2)CN(Cc2ccccc2)c2cccnc23)cn1.O=C(O)C(F)(F)F.O=C(O)C(F)(F)F.O=C(O)C(F)(F)F. The molecular formula is C28H28F9N5O6. The smallest absolute Gasteiger partial charge is 0.475 e. The molecule has 1 fully saturated rings. The number of carbonyl (C=O) groups is 3. The molecule has 1 unspecified atom stereocenters. The number of pyridine rings is 1. The van der Waals surface area contributed by atoms with Gasteiger partial charge in [-0.2, -0.15) is 44.6 Å². The minimum absolute atomic E-state index is 0.146. The van der Waals surface area contributed by atoms with Gasteiger partial charge in [0.2, 0.25) is 0 Å². The third-order valence-electron chi connectivity index (χ3n) is 6.66. The van der Waals surface area contributed by atoms with E-state index in [0.29, 0.717) is 0 Å². The van der Waals surface area contributed by atoms with Gasteiger partial charge in [-0.05, 0) is 30.7 Å². The highest BCUT2D eigenvalue weighted by molar-refractivity contribution is 5.73. The molecule has 1 saturated heterocycles. The van der Waals surface area contributed by atoms with E-state index in [4.69, 9.17) is 34.7 Å². The number of aromatic nitrogens is 3. The van der Waals surface area contributed by atoms with Crippen LogP contribution in [0.4, 0.5) is 45.2 Å². The van der Waals surface area contributed by atoms with Crippen LogP contribution in [-0.2, 0) is 39.9 Å². The molecule has 0 aliphatic carbocycles. The van der Waals surface area contributed by atoms with E-state index >= 15 is 0 Å². The van der Waals surface area contributed by atoms with Gasteiger partial charge in [-0.15, -0.1) is 0 Å². The van der Waals surface area contributed by atoms with E-state index in [2.05, 4.69) is 63.6 Å². The van der Waals surface area contributed by atoms with Crippen LogP contribution in [0.5, 0.6) is 0 Å². The topological polar surface area (TPSA) is 149 Å². The lowest BCUT2D eigenvalue weighted by molar-refractivity contribution is -0.193. The Bertz CT molecular complexity index is 1470. The molecule has 1 aromatic carbocycles. The fourth-order valence-corrected chi connectivity index (χ4v) is 4.76. The molecule has 1 atom stereocenters. The summed E-state index contributed by atoms with van der Waals surface area (Å²) in [5.74, 6) is -8.27. The third kappa shape index (κ3) is 11.7. The fraction of sp³-hybridized carbons (Fsp3) is 0.393. The Morgan fingerprint density at radius 3 is 1.75 bits per heavy atom. The van der Waals surface area contributed by atoms with E-state index in [9.17, 15) is 39.5 Å². The van der Waals surface area contributed by atoms with Gasteiger partial charge in [0.1, 0.15) is 0 Å². The van der Waals surface area contributed by atoms with E-state index in [0.717, 1.165) is 32.7 Å². The summed E-state index contributed by atoms with van der Waals surface area (Å²) in [7, 11) is 1.98. The molecule has 2 aromatic heterocycles. The Hall–Kier alpha value is -4.88. The first kappa shape index (κ1) is 39.3. The zero-order chi connectivity index (χ0) is 36.5. The van der Waals surface area contributed by atoms with Crippen molar-refractivity contribution in [3.63, 3.8) is 0 Å². The zero-order valence-corrected chi connectivity index (χ0v) is 24.7. The summed E-state index contributed by atoms with van der Waals surface area (Å²) in [6.07, 6.45) is -8.03. The Balaban J connectivity index is 0.000000313. The Kier molecular flexibility index (Phi) is 12.9. The Labute approximate surface area is 265 Å². The maximum Gasteiger partial charge on any atom is 0.490 e. The molecule has 2 aliphatic rings. The Morgan fingerprint density at radius 1 is 0.771 bits per heavy atom. The van der Waals surface area contributed by atoms with Gasteiger partial charge >= 0.3 is 36.4 Å². The second-order valence-electron chi connectivity index (χ2n) is 10.4. The van der Waals surface area contributed by atoms with Crippen molar-refractivity contribution in [2.24, 2.45) is 7.05 Å². The number of anilines is 1. The van der Waals surface area contributed by atoms with Crippen molar-refractivity contribution in [2.45, 2.75) is 43.5 Å². The van der Waals surface area contributed by atoms with E-state index in [-0.39, 0.29) is 5.41 Å². The Morgan fingerprint density at radius 2 is 1.29 bits per heavy atom. The molecule has 11 nitrogen and oxygen atoms in total. The van der Waals surface area contributed by atoms with Gasteiger partial charge in [0.15, 0.2) is 0 Å². The number of hydrogen-bond acceptors (Lipinski definition) is 7. The molecular weight excluding hydrogens is 673 g/mol. The van der Waals surface area contributed by atoms with Crippen LogP contribution < -0.4 is 4.90 Å². The number of rotatable bonds is 4. The number of halogens is 9. The molecule has 0 radical (unpaired) electrons. The molecule has 20 heteroatoms. The van der Waals surface area contributed by atoms with Crippen LogP contribution in [-0.4, -0.2) is 91.1 Å². The summed E-state index contributed by atoms with van der Waals surface area (Å²) in [6, 6.07) is 15.1. The summed E-state index contributed by atoms with van der Waals surface area (Å²) in [5.41, 5.74) is 5.39. The molecule has 1 spiro atoms. The maximum atomic E-state index is 10.6. The summed E-state index contributed by atoms with van der Waals surface area (Å²) in [4.78, 5) is 36.6. The number of carboxylic acid groups (broad SMARTS) is 3. The molecule has 2 aliphatic heterocycles. The summed E-state index contributed by atoms with van der Waals surface area (Å²) >= 11 is 0. The highest BCUT2D eigenvalue weighted by Gasteiger charge is 2.48. The van der Waals surface area contributed by atoms with Crippen molar-refractivity contribution >= 4 is 23.6 Å². The van der Waals surface area contributed by atoms with Gasteiger partial charge in [0, 0.05) is 56.6 Å². The average Bonchev–Trinajstić information content (AvgIpc) is 3.66. The third-order valence-corrected chi connectivity index (χ3v) is 6.66. The highest BCUT2D eigenvalue weighted by Crippen LogP contribution is 2.45. The number of hydrogen-bond donors (Lipinski definition) is 3. The molecule has 4 heterocycles. The molecule has 0 amide bonds. The normalized spacial score (nSPS) is 17.2. The molecule has 5 rings (SSSR count). The number of alkyl halides is 9. The fourth-order valence-electron chi connectivity index (χ4n) is 4.76. The average molecular weight is 702 g/mol. The summed E-state index contributed by atoms with van der Waals surface area (Å²) in [5, 5.41) is 25.7. The largest absolute Gasteiger partial charge is 0.490 e. The van der Waals surface area contributed by atoms with Gasteiger partial charge < -0.3 is 20.2 Å². The van der Waals surface area contributed by atoms with E-state index < -0.39 is 36.4 Å². The molecule has 264 valence electrons. The molecule has 0 bridgehead atoms. The zero-order valence-electron chi connectivity index (χ0n) is 24.7. The predicted molar refractivity (Wildman–Crippen MR) is 148 cm³/mol. The number of aryl methyl sites for hydroxylation is 1. The molecule has 48 heavy (non-hydrogen) atoms. The standard InChI is InChI=1S/C22H25N5.3C2HF3O2/c1-25-13-19(12-24-25)14-26-11-9-22(16-26)17-27(15-18-6-3-2-4-7-18)20-8-5-10-23-21(20)22;3*3-2(4,5)1(6)7/h2-8,10,12-13H,9,11,14-17H2,1H3;3*(H,6,7). The van der Waals surface area contributed by atoms with Crippen LogP contribution >= 0.6 is 0 Å². The van der Waals surface area contributed by atoms with E-state index in [1.54, 1.807) is 0 Å². The lowest BCUT2D eigenvalue weighted by Gasteiger charge is -2.26. The quantitative estimate of drug-likeness (QED) is 0.322. The first-order valence-corrected chi connectivity index (χ1v) is 13.4. The van der Waals surface area contributed by atoms with Gasteiger partial charge in [-0.1, -0.05) is 30.3 Å². The van der Waals surface area contributed by atoms with Crippen LogP contribution in [0.3, 0.4) is 0 Å². The number of benzene rings is 1. The lowest BCUT2D eigenvalue weighted by Crippen LogP contribution is -2.36. The molecule has 3 N–H and O–H groups in total. The summed E-state index contributed by atoms with van der Waals surface area (Å²) < 4.78 is 97.1. The van der Waals surface area contributed by atoms with Crippen molar-refractivity contribution < 1.29 is 69.2 Å². The van der Waals surface area contributed by atoms with E-state index in [1.807, 2.05) is 24.1 Å². The van der Waals surface area contributed by atoms with Gasteiger partial charge in [0.25, 0.3) is 0 Å². The van der Waals surface area contributed by atoms with Crippen molar-refractivity contribution in [2.75, 3.05) is 24.5 Å². The van der Waals surface area contributed by atoms with Gasteiger partial charge in [-0.25, -0.2) is 14.4 Å². The predicted octanol–water partition coefficient (Wildman–Crippen LogP) is 4.88. The van der Waals surface area contributed by atoms with Crippen molar-refractivity contribution in [3.05, 3.63) is 77.9 Å². The lowest BCUT2D eigenvalue weighted by atomic mass is 9.85. The first-order valence-electron chi connectivity index (χ1n) is 13.4. The van der Waals surface area contributed by atoms with Crippen LogP contribution in [0.25, 0.3) is 0 Å². The number of nitrogens with zero attached hydrogens (tertiary/aromatic N) is 5. The van der Waals surface area contributed by atoms with Crippen LogP contribution in [0.2, 0.25) is 0 Å². The van der Waals surface area contributed by atoms with Crippen molar-refractivity contribution in [3.8, 4) is 0 Å². The van der Waals surface area contributed by atoms with Crippen molar-refractivity contribution in [1.29, 1.82) is 0 Å². The number of carboxylic acids is 3. The van der Waals surface area contributed by atoms with Crippen LogP contribution in [0.15, 0.2) is 61.1 Å². The highest BCUT2D eigenvalue weighted by atomic mass is 19.4. The summed E-state index contributed by atoms with van der Waals surface area (Å²) in [6.45, 7) is 5.15. The number of aliphatic carboxylic acids is 3. The second-order valence-corrected chi connectivity index (χ2v) is 10.4. The van der Waals surface area contributed by atoms with Crippen molar-refractivity contribution in [1.82, 2.24) is 19.7 Å². The van der Waals surface area contributed by atoms with Crippen LogP contribution in [0.1, 0.15) is 23.2 Å². The molecule has 0 saturated carbocycles. The van der Waals surface area contributed by atoms with Gasteiger partial charge in [0.05, 0.1) is 17.6 Å². The maximum absolute atomic E-state index is 10.6.